The average molecular weight is 486 g/mol. The summed E-state index contributed by atoms with van der Waals surface area (Å²) in [7, 11) is 0. The van der Waals surface area contributed by atoms with Crippen LogP contribution in [0.4, 0.5) is 5.82 Å². The van der Waals surface area contributed by atoms with Crippen LogP contribution in [0, 0.1) is 0 Å². The van der Waals surface area contributed by atoms with Crippen molar-refractivity contribution in [2.24, 2.45) is 0 Å². The maximum atomic E-state index is 12.8. The number of aromatic hydroxyl groups is 1. The monoisotopic (exact) mass is 485 g/mol. The predicted molar refractivity (Wildman–Crippen MR) is 130 cm³/mol. The molecule has 0 bridgehead atoms. The number of aromatic amines is 1. The second kappa shape index (κ2) is 8.48. The van der Waals surface area contributed by atoms with Gasteiger partial charge in [0.2, 0.25) is 5.91 Å². The highest BCUT2D eigenvalue weighted by atomic mass is 79.9. The molecule has 0 saturated carbocycles. The number of H-pyrrole nitrogens is 1. The fraction of sp³-hybridized carbons (Fsp3) is 0.0769. The van der Waals surface area contributed by atoms with Crippen molar-refractivity contribution in [3.8, 4) is 17.1 Å². The van der Waals surface area contributed by atoms with Crippen molar-refractivity contribution in [3.63, 3.8) is 0 Å². The molecule has 0 radical (unpaired) electrons. The number of aromatic nitrogens is 2. The van der Waals surface area contributed by atoms with E-state index in [1.165, 1.54) is 0 Å². The molecule has 0 atom stereocenters. The average Bonchev–Trinajstić information content (AvgIpc) is 3.12. The van der Waals surface area contributed by atoms with Gasteiger partial charge in [-0.15, -0.1) is 0 Å². The van der Waals surface area contributed by atoms with Crippen molar-refractivity contribution in [2.45, 2.75) is 12.8 Å². The van der Waals surface area contributed by atoms with E-state index in [0.717, 1.165) is 43.5 Å². The van der Waals surface area contributed by atoms with E-state index in [0.29, 0.717) is 12.2 Å². The number of halogens is 1. The third-order valence-corrected chi connectivity index (χ3v) is 5.93. The van der Waals surface area contributed by atoms with E-state index in [1.807, 2.05) is 66.7 Å². The molecule has 3 N–H and O–H groups in total. The quantitative estimate of drug-likeness (QED) is 0.289. The normalized spacial score (nSPS) is 11.2. The van der Waals surface area contributed by atoms with E-state index in [-0.39, 0.29) is 18.1 Å². The lowest BCUT2D eigenvalue weighted by atomic mass is 10.1. The number of carbonyl (C=O) groups excluding carboxylic acids is 1. The number of rotatable bonds is 5. The standard InChI is InChI=1S/C26H20BrN3O2/c27-19-8-6-17(7-9-19)13-24(32)30-26-23(12-16-4-2-1-3-5-16)28-25-21-11-10-20(31)14-18(21)15-22(25)29-26/h1-11,14-15,28,31H,12-13H2,(H,30,32). The van der Waals surface area contributed by atoms with E-state index < -0.39 is 0 Å². The molecule has 0 fully saturated rings. The molecular weight excluding hydrogens is 466 g/mol. The Hall–Kier alpha value is -3.64. The van der Waals surface area contributed by atoms with Gasteiger partial charge >= 0.3 is 0 Å². The van der Waals surface area contributed by atoms with Gasteiger partial charge in [0.25, 0.3) is 0 Å². The molecule has 1 aliphatic heterocycles. The van der Waals surface area contributed by atoms with Crippen LogP contribution in [0.15, 0.2) is 83.3 Å². The number of hydrogen-bond acceptors (Lipinski definition) is 3. The van der Waals surface area contributed by atoms with E-state index in [9.17, 15) is 9.90 Å². The van der Waals surface area contributed by atoms with E-state index in [4.69, 9.17) is 4.98 Å². The highest BCUT2D eigenvalue weighted by molar-refractivity contribution is 9.10. The lowest BCUT2D eigenvalue weighted by Crippen LogP contribution is -2.18. The summed E-state index contributed by atoms with van der Waals surface area (Å²) in [6.07, 6.45) is 0.858. The van der Waals surface area contributed by atoms with Gasteiger partial charge in [-0.25, -0.2) is 4.98 Å². The zero-order valence-electron chi connectivity index (χ0n) is 17.1. The minimum Gasteiger partial charge on any atom is -0.508 e. The Kier molecular flexibility index (Phi) is 5.37. The van der Waals surface area contributed by atoms with Crippen LogP contribution in [0.25, 0.3) is 22.2 Å². The maximum absolute atomic E-state index is 12.8. The largest absolute Gasteiger partial charge is 0.508 e. The van der Waals surface area contributed by atoms with Gasteiger partial charge in [0.15, 0.2) is 5.82 Å². The minimum atomic E-state index is -0.129. The number of phenolic OH excluding ortho intramolecular Hbond substituents is 1. The third-order valence-electron chi connectivity index (χ3n) is 5.41. The molecule has 32 heavy (non-hydrogen) atoms. The second-order valence-electron chi connectivity index (χ2n) is 7.75. The molecule has 1 heterocycles. The summed E-state index contributed by atoms with van der Waals surface area (Å²) in [5.74, 6) is 0.596. The third kappa shape index (κ3) is 4.22. The van der Waals surface area contributed by atoms with Gasteiger partial charge in [0.1, 0.15) is 5.75 Å². The first-order valence-corrected chi connectivity index (χ1v) is 11.1. The van der Waals surface area contributed by atoms with Crippen molar-refractivity contribution in [3.05, 3.63) is 100 Å². The summed E-state index contributed by atoms with van der Waals surface area (Å²) < 4.78 is 0.975. The minimum absolute atomic E-state index is 0.129. The number of anilines is 1. The van der Waals surface area contributed by atoms with Crippen LogP contribution >= 0.6 is 15.9 Å². The lowest BCUT2D eigenvalue weighted by Gasteiger charge is -2.14. The Labute approximate surface area is 193 Å². The number of hydrogen-bond donors (Lipinski definition) is 3. The molecule has 5 nitrogen and oxygen atoms in total. The van der Waals surface area contributed by atoms with Gasteiger partial charge in [0.05, 0.1) is 23.5 Å². The van der Waals surface area contributed by atoms with Crippen LogP contribution in [0.3, 0.4) is 0 Å². The fourth-order valence-corrected chi connectivity index (χ4v) is 4.13. The van der Waals surface area contributed by atoms with Crippen LogP contribution in [-0.2, 0) is 17.6 Å². The van der Waals surface area contributed by atoms with Crippen molar-refractivity contribution >= 4 is 38.4 Å². The fourth-order valence-electron chi connectivity index (χ4n) is 3.87. The van der Waals surface area contributed by atoms with Crippen molar-refractivity contribution < 1.29 is 9.90 Å². The molecule has 1 aliphatic carbocycles. The smallest absolute Gasteiger partial charge is 0.229 e. The van der Waals surface area contributed by atoms with E-state index >= 15 is 0 Å². The molecule has 1 amide bonds. The Balaban J connectivity index is 1.53. The van der Waals surface area contributed by atoms with Crippen molar-refractivity contribution in [1.82, 2.24) is 9.97 Å². The first-order valence-electron chi connectivity index (χ1n) is 10.3. The Morgan fingerprint density at radius 3 is 2.53 bits per heavy atom. The van der Waals surface area contributed by atoms with Crippen LogP contribution < -0.4 is 5.32 Å². The molecule has 3 aromatic carbocycles. The summed E-state index contributed by atoms with van der Waals surface area (Å²) in [5, 5.41) is 14.7. The molecule has 3 aromatic rings. The zero-order valence-corrected chi connectivity index (χ0v) is 18.7. The number of amides is 1. The summed E-state index contributed by atoms with van der Waals surface area (Å²) in [5.41, 5.74) is 4.49. The molecule has 0 saturated heterocycles. The van der Waals surface area contributed by atoms with E-state index in [1.54, 1.807) is 12.1 Å². The summed E-state index contributed by atoms with van der Waals surface area (Å²) >= 11 is 3.42. The van der Waals surface area contributed by atoms with Crippen LogP contribution in [0.2, 0.25) is 0 Å². The second-order valence-corrected chi connectivity index (χ2v) is 8.67. The maximum Gasteiger partial charge on any atom is 0.229 e. The number of fused-ring (bicyclic) bond motifs is 3. The molecule has 2 aliphatic rings. The van der Waals surface area contributed by atoms with Gasteiger partial charge < -0.3 is 15.4 Å². The summed E-state index contributed by atoms with van der Waals surface area (Å²) in [6.45, 7) is 0. The van der Waals surface area contributed by atoms with E-state index in [2.05, 4.69) is 26.2 Å². The highest BCUT2D eigenvalue weighted by Crippen LogP contribution is 2.35. The molecule has 5 rings (SSSR count). The van der Waals surface area contributed by atoms with Crippen LogP contribution in [0.1, 0.15) is 16.8 Å². The molecule has 6 heteroatoms. The molecule has 0 unspecified atom stereocenters. The first kappa shape index (κ1) is 20.3. The Morgan fingerprint density at radius 1 is 0.969 bits per heavy atom. The van der Waals surface area contributed by atoms with Gasteiger partial charge in [-0.3, -0.25) is 4.79 Å². The number of benzene rings is 3. The van der Waals surface area contributed by atoms with Crippen molar-refractivity contribution in [1.29, 1.82) is 0 Å². The molecule has 158 valence electrons. The number of nitrogens with one attached hydrogen (secondary N) is 2. The molecule has 0 spiro atoms. The molecule has 0 aromatic heterocycles. The topological polar surface area (TPSA) is 78.0 Å². The van der Waals surface area contributed by atoms with Gasteiger partial charge in [-0.1, -0.05) is 58.4 Å². The predicted octanol–water partition coefficient (Wildman–Crippen LogP) is 5.91. The highest BCUT2D eigenvalue weighted by Gasteiger charge is 2.18. The lowest BCUT2D eigenvalue weighted by molar-refractivity contribution is -0.115. The SMILES string of the molecule is O=C(Cc1ccc(Br)cc1)Nc1nc2cc3cc(O)ccc3c-2[nH]c1Cc1ccccc1. The number of carbonyl (C=O) groups is 1. The summed E-state index contributed by atoms with van der Waals surface area (Å²) in [4.78, 5) is 21.1. The zero-order chi connectivity index (χ0) is 22.1. The van der Waals surface area contributed by atoms with Gasteiger partial charge in [-0.05, 0) is 52.9 Å². The number of phenols is 1. The van der Waals surface area contributed by atoms with Crippen LogP contribution in [-0.4, -0.2) is 21.0 Å². The van der Waals surface area contributed by atoms with Gasteiger partial charge in [0, 0.05) is 16.3 Å². The molecular formula is C26H20BrN3O2. The van der Waals surface area contributed by atoms with Crippen molar-refractivity contribution in [2.75, 3.05) is 5.32 Å². The first-order chi connectivity index (χ1) is 15.5. The summed E-state index contributed by atoms with van der Waals surface area (Å²) in [6, 6.07) is 24.9. The Bertz CT molecular complexity index is 1380. The Morgan fingerprint density at radius 2 is 1.75 bits per heavy atom. The number of nitrogens with zero attached hydrogens (tertiary/aromatic N) is 1. The van der Waals surface area contributed by atoms with Gasteiger partial charge in [-0.2, -0.15) is 0 Å². The van der Waals surface area contributed by atoms with Crippen LogP contribution in [0.5, 0.6) is 5.75 Å².